The number of hydrogen-bond donors (Lipinski definition) is 2. The molecule has 0 aliphatic carbocycles. The van der Waals surface area contributed by atoms with Crippen LogP contribution in [0.25, 0.3) is 0 Å². The van der Waals surface area contributed by atoms with Crippen LogP contribution in [0.1, 0.15) is 45.4 Å². The Bertz CT molecular complexity index is 705. The molecule has 2 rings (SSSR count). The normalized spacial score (nSPS) is 11.0. The van der Waals surface area contributed by atoms with Crippen molar-refractivity contribution in [3.63, 3.8) is 0 Å². The number of nitrogens with zero attached hydrogens (tertiary/aromatic N) is 3. The van der Waals surface area contributed by atoms with Crippen LogP contribution in [0, 0.1) is 12.8 Å². The molecule has 0 spiro atoms. The number of amides is 1. The standard InChI is InChI=1S/C15H20N4O3S/c1-9(2)7-19-10(3)11(6-17-19)14(20)16-5-4-13-18-12(8-23-13)15(21)22/h6,8-9H,4-5,7H2,1-3H3,(H,16,20)(H,21,22). The molecule has 23 heavy (non-hydrogen) atoms. The summed E-state index contributed by atoms with van der Waals surface area (Å²) in [6, 6.07) is 0. The zero-order chi connectivity index (χ0) is 17.0. The van der Waals surface area contributed by atoms with Crippen LogP contribution < -0.4 is 5.32 Å². The second-order valence-electron chi connectivity index (χ2n) is 5.66. The average molecular weight is 336 g/mol. The molecule has 124 valence electrons. The van der Waals surface area contributed by atoms with Crippen LogP contribution in [0.2, 0.25) is 0 Å². The van der Waals surface area contributed by atoms with Crippen LogP contribution >= 0.6 is 11.3 Å². The highest BCUT2D eigenvalue weighted by molar-refractivity contribution is 7.09. The SMILES string of the molecule is Cc1c(C(=O)NCCc2nc(C(=O)O)cs2)cnn1CC(C)C. The van der Waals surface area contributed by atoms with Crippen molar-refractivity contribution in [1.29, 1.82) is 0 Å². The van der Waals surface area contributed by atoms with Crippen LogP contribution in [-0.2, 0) is 13.0 Å². The fourth-order valence-electron chi connectivity index (χ4n) is 2.10. The summed E-state index contributed by atoms with van der Waals surface area (Å²) in [6.07, 6.45) is 2.09. The van der Waals surface area contributed by atoms with Crippen LogP contribution in [0.4, 0.5) is 0 Å². The molecular formula is C15H20N4O3S. The van der Waals surface area contributed by atoms with Gasteiger partial charge in [-0.1, -0.05) is 13.8 Å². The van der Waals surface area contributed by atoms with Crippen molar-refractivity contribution in [2.24, 2.45) is 5.92 Å². The van der Waals surface area contributed by atoms with Gasteiger partial charge in [-0.2, -0.15) is 5.10 Å². The van der Waals surface area contributed by atoms with E-state index in [1.54, 1.807) is 6.20 Å². The number of carboxylic acids is 1. The van der Waals surface area contributed by atoms with Crippen molar-refractivity contribution in [2.45, 2.75) is 33.7 Å². The molecule has 1 amide bonds. The number of carboxylic acid groups (broad SMARTS) is 1. The van der Waals surface area contributed by atoms with Crippen molar-refractivity contribution in [2.75, 3.05) is 6.54 Å². The molecular weight excluding hydrogens is 316 g/mol. The zero-order valence-electron chi connectivity index (χ0n) is 13.4. The molecule has 2 aromatic rings. The van der Waals surface area contributed by atoms with Crippen LogP contribution in [-0.4, -0.2) is 38.3 Å². The number of hydrogen-bond acceptors (Lipinski definition) is 5. The lowest BCUT2D eigenvalue weighted by molar-refractivity contribution is 0.0690. The van der Waals surface area contributed by atoms with Gasteiger partial charge in [0.05, 0.1) is 16.8 Å². The van der Waals surface area contributed by atoms with Gasteiger partial charge in [0.15, 0.2) is 5.69 Å². The van der Waals surface area contributed by atoms with Crippen molar-refractivity contribution < 1.29 is 14.7 Å². The summed E-state index contributed by atoms with van der Waals surface area (Å²) in [6.45, 7) is 7.25. The van der Waals surface area contributed by atoms with E-state index in [1.807, 2.05) is 11.6 Å². The van der Waals surface area contributed by atoms with Gasteiger partial charge in [0.1, 0.15) is 0 Å². The Morgan fingerprint density at radius 1 is 1.43 bits per heavy atom. The third-order valence-electron chi connectivity index (χ3n) is 3.28. The van der Waals surface area contributed by atoms with E-state index in [0.29, 0.717) is 29.5 Å². The lowest BCUT2D eigenvalue weighted by Crippen LogP contribution is -2.26. The van der Waals surface area contributed by atoms with Crippen LogP contribution in [0.3, 0.4) is 0 Å². The highest BCUT2D eigenvalue weighted by Gasteiger charge is 2.15. The Morgan fingerprint density at radius 3 is 2.78 bits per heavy atom. The van der Waals surface area contributed by atoms with Gasteiger partial charge in [-0.25, -0.2) is 9.78 Å². The molecule has 0 radical (unpaired) electrons. The van der Waals surface area contributed by atoms with E-state index in [9.17, 15) is 9.59 Å². The number of aromatic nitrogens is 3. The minimum Gasteiger partial charge on any atom is -0.476 e. The summed E-state index contributed by atoms with van der Waals surface area (Å²) in [5, 5.41) is 18.1. The maximum atomic E-state index is 12.2. The number of rotatable bonds is 7. The summed E-state index contributed by atoms with van der Waals surface area (Å²) in [7, 11) is 0. The van der Waals surface area contributed by atoms with Crippen molar-refractivity contribution in [1.82, 2.24) is 20.1 Å². The molecule has 0 bridgehead atoms. The van der Waals surface area contributed by atoms with Gasteiger partial charge in [-0.15, -0.1) is 11.3 Å². The fraction of sp³-hybridized carbons (Fsp3) is 0.467. The maximum absolute atomic E-state index is 12.2. The van der Waals surface area contributed by atoms with E-state index in [4.69, 9.17) is 5.11 Å². The first kappa shape index (κ1) is 17.1. The van der Waals surface area contributed by atoms with E-state index >= 15 is 0 Å². The summed E-state index contributed by atoms with van der Waals surface area (Å²) in [5.74, 6) is -0.755. The Morgan fingerprint density at radius 2 is 2.17 bits per heavy atom. The molecule has 2 aromatic heterocycles. The van der Waals surface area contributed by atoms with Gasteiger partial charge in [-0.05, 0) is 12.8 Å². The van der Waals surface area contributed by atoms with Gasteiger partial charge in [0.2, 0.25) is 0 Å². The predicted octanol–water partition coefficient (Wildman–Crippen LogP) is 1.97. The van der Waals surface area contributed by atoms with Gasteiger partial charge in [0.25, 0.3) is 5.91 Å². The lowest BCUT2D eigenvalue weighted by atomic mass is 10.2. The fourth-order valence-corrected chi connectivity index (χ4v) is 2.87. The monoisotopic (exact) mass is 336 g/mol. The first-order chi connectivity index (χ1) is 10.9. The third kappa shape index (κ3) is 4.38. The number of carbonyl (C=O) groups is 2. The first-order valence-corrected chi connectivity index (χ1v) is 8.24. The minimum absolute atomic E-state index is 0.0436. The molecule has 2 N–H and O–H groups in total. The van der Waals surface area contributed by atoms with Gasteiger partial charge in [-0.3, -0.25) is 9.48 Å². The lowest BCUT2D eigenvalue weighted by Gasteiger charge is -2.08. The number of carbonyl (C=O) groups excluding carboxylic acids is 1. The number of nitrogens with one attached hydrogen (secondary N) is 1. The number of thiazole rings is 1. The van der Waals surface area contributed by atoms with E-state index in [0.717, 1.165) is 12.2 Å². The molecule has 7 nitrogen and oxygen atoms in total. The summed E-state index contributed by atoms with van der Waals surface area (Å²) in [5.41, 5.74) is 1.46. The first-order valence-electron chi connectivity index (χ1n) is 7.36. The Balaban J connectivity index is 1.89. The summed E-state index contributed by atoms with van der Waals surface area (Å²) >= 11 is 1.28. The molecule has 0 atom stereocenters. The van der Waals surface area contributed by atoms with E-state index < -0.39 is 5.97 Å². The molecule has 0 saturated heterocycles. The molecule has 0 fully saturated rings. The third-order valence-corrected chi connectivity index (χ3v) is 4.19. The van der Waals surface area contributed by atoms with Crippen molar-refractivity contribution in [3.05, 3.63) is 33.5 Å². The Labute approximate surface area is 138 Å². The highest BCUT2D eigenvalue weighted by Crippen LogP contribution is 2.11. The largest absolute Gasteiger partial charge is 0.476 e. The molecule has 0 saturated carbocycles. The average Bonchev–Trinajstić information content (AvgIpc) is 3.07. The van der Waals surface area contributed by atoms with Gasteiger partial charge < -0.3 is 10.4 Å². The van der Waals surface area contributed by atoms with E-state index in [1.165, 1.54) is 16.7 Å². The van der Waals surface area contributed by atoms with Crippen LogP contribution in [0.5, 0.6) is 0 Å². The summed E-state index contributed by atoms with van der Waals surface area (Å²) in [4.78, 5) is 26.9. The predicted molar refractivity (Wildman–Crippen MR) is 86.9 cm³/mol. The van der Waals surface area contributed by atoms with Crippen molar-refractivity contribution in [3.8, 4) is 0 Å². The maximum Gasteiger partial charge on any atom is 0.355 e. The van der Waals surface area contributed by atoms with E-state index in [2.05, 4.69) is 29.2 Å². The molecule has 0 aliphatic heterocycles. The molecule has 0 aromatic carbocycles. The second kappa shape index (κ2) is 7.36. The zero-order valence-corrected chi connectivity index (χ0v) is 14.2. The van der Waals surface area contributed by atoms with Crippen LogP contribution in [0.15, 0.2) is 11.6 Å². The van der Waals surface area contributed by atoms with E-state index in [-0.39, 0.29) is 11.6 Å². The minimum atomic E-state index is -1.04. The molecule has 0 unspecified atom stereocenters. The summed E-state index contributed by atoms with van der Waals surface area (Å²) < 4.78 is 1.83. The molecule has 0 aliphatic rings. The Kier molecular flexibility index (Phi) is 5.49. The molecule has 2 heterocycles. The highest BCUT2D eigenvalue weighted by atomic mass is 32.1. The smallest absolute Gasteiger partial charge is 0.355 e. The van der Waals surface area contributed by atoms with Crippen molar-refractivity contribution >= 4 is 23.2 Å². The van der Waals surface area contributed by atoms with Gasteiger partial charge >= 0.3 is 5.97 Å². The van der Waals surface area contributed by atoms with Gasteiger partial charge in [0, 0.05) is 30.6 Å². The number of aromatic carboxylic acids is 1. The Hall–Kier alpha value is -2.22. The quantitative estimate of drug-likeness (QED) is 0.806. The molecule has 8 heteroatoms. The second-order valence-corrected chi connectivity index (χ2v) is 6.60. The topological polar surface area (TPSA) is 97.1 Å².